The van der Waals surface area contributed by atoms with E-state index in [9.17, 15) is 35.1 Å². The van der Waals surface area contributed by atoms with Gasteiger partial charge in [0.1, 0.15) is 5.57 Å². The zero-order valence-electron chi connectivity index (χ0n) is 7.28. The quantitative estimate of drug-likeness (QED) is 0.423. The molecule has 17 heavy (non-hydrogen) atoms. The van der Waals surface area contributed by atoms with Crippen LogP contribution in [0.25, 0.3) is 0 Å². The van der Waals surface area contributed by atoms with Crippen LogP contribution in [0.15, 0.2) is 11.4 Å². The summed E-state index contributed by atoms with van der Waals surface area (Å²) in [7, 11) is 0. The van der Waals surface area contributed by atoms with Gasteiger partial charge in [-0.15, -0.1) is 0 Å². The first kappa shape index (κ1) is 13.6. The molecule has 0 aromatic carbocycles. The molecule has 98 valence electrons. The Kier molecular flexibility index (Phi) is 2.26. The third kappa shape index (κ3) is 0.955. The Balaban J connectivity index is 2.68. The van der Waals surface area contributed by atoms with E-state index in [1.165, 1.54) is 0 Å². The molecule has 4 atom stereocenters. The van der Waals surface area contributed by atoms with Gasteiger partial charge < -0.3 is 0 Å². The van der Waals surface area contributed by atoms with Crippen LogP contribution >= 0.6 is 31.9 Å². The van der Waals surface area contributed by atoms with E-state index in [0.717, 1.165) is 0 Å². The molecule has 2 rings (SSSR count). The zero-order chi connectivity index (χ0) is 13.7. The van der Waals surface area contributed by atoms with Crippen molar-refractivity contribution in [2.45, 2.75) is 26.7 Å². The van der Waals surface area contributed by atoms with Crippen LogP contribution in [-0.2, 0) is 0 Å². The predicted molar refractivity (Wildman–Crippen MR) is 47.4 cm³/mol. The summed E-state index contributed by atoms with van der Waals surface area (Å²) in [5.41, 5.74) is -11.5. The van der Waals surface area contributed by atoms with Crippen LogP contribution in [-0.4, -0.2) is 26.7 Å². The van der Waals surface area contributed by atoms with Crippen LogP contribution in [0.1, 0.15) is 0 Å². The van der Waals surface area contributed by atoms with Crippen molar-refractivity contribution in [3.63, 3.8) is 0 Å². The Morgan fingerprint density at radius 3 is 1.53 bits per heavy atom. The van der Waals surface area contributed by atoms with Crippen molar-refractivity contribution in [3.05, 3.63) is 11.4 Å². The van der Waals surface area contributed by atoms with Gasteiger partial charge in [0.15, 0.2) is 5.83 Å². The van der Waals surface area contributed by atoms with Crippen molar-refractivity contribution in [2.24, 2.45) is 0 Å². The first-order valence-corrected chi connectivity index (χ1v) is 5.48. The highest BCUT2D eigenvalue weighted by molar-refractivity contribution is 9.13. The lowest BCUT2D eigenvalue weighted by atomic mass is 9.51. The summed E-state index contributed by atoms with van der Waals surface area (Å²) < 4.78 is 95.5. The minimum Gasteiger partial charge on any atom is -0.229 e. The number of hydrogen-bond acceptors (Lipinski definition) is 0. The van der Waals surface area contributed by atoms with Gasteiger partial charge in [0.05, 0.1) is 0 Å². The van der Waals surface area contributed by atoms with Crippen molar-refractivity contribution >= 4 is 31.9 Å². The average molecular weight is 396 g/mol. The van der Waals surface area contributed by atoms with Crippen molar-refractivity contribution in [3.8, 4) is 0 Å². The fourth-order valence-corrected chi connectivity index (χ4v) is 3.47. The number of rotatable bonds is 0. The molecule has 0 saturated heterocycles. The van der Waals surface area contributed by atoms with Crippen molar-refractivity contribution in [1.29, 1.82) is 0 Å². The Morgan fingerprint density at radius 2 is 1.18 bits per heavy atom. The van der Waals surface area contributed by atoms with Crippen LogP contribution in [0, 0.1) is 0 Å². The van der Waals surface area contributed by atoms with Gasteiger partial charge in [-0.05, 0) is 31.9 Å². The molecule has 0 amide bonds. The first-order chi connectivity index (χ1) is 7.28. The van der Waals surface area contributed by atoms with Gasteiger partial charge in [0.25, 0.3) is 14.8 Å². The number of alkyl halides is 9. The van der Waals surface area contributed by atoms with E-state index in [1.807, 2.05) is 0 Å². The summed E-state index contributed by atoms with van der Waals surface area (Å²) in [6.45, 7) is 0. The summed E-state index contributed by atoms with van der Waals surface area (Å²) in [6.07, 6.45) is -5.64. The number of allylic oxidation sites excluding steroid dienone is 2. The maximum atomic E-state index is 13.7. The third-order valence-corrected chi connectivity index (χ3v) is 5.60. The van der Waals surface area contributed by atoms with Crippen LogP contribution in [0.4, 0.5) is 35.1 Å². The SMILES string of the molecule is FC1=C(C(F)(F)F)C2(F)C(F)(Br)C(F)(Br)C12F. The number of fused-ring (bicyclic) bond motifs is 1. The third-order valence-electron chi connectivity index (χ3n) is 2.88. The monoisotopic (exact) mass is 394 g/mol. The van der Waals surface area contributed by atoms with E-state index in [0.29, 0.717) is 0 Å². The van der Waals surface area contributed by atoms with Gasteiger partial charge in [0, 0.05) is 0 Å². The Bertz CT molecular complexity index is 438. The fraction of sp³-hybridized carbons (Fsp3) is 0.714. The molecule has 0 aromatic heterocycles. The molecule has 0 radical (unpaired) electrons. The topological polar surface area (TPSA) is 0 Å². The molecular weight excluding hydrogens is 396 g/mol. The zero-order valence-corrected chi connectivity index (χ0v) is 10.5. The Hall–Kier alpha value is 0.140. The molecule has 0 N–H and O–H groups in total. The van der Waals surface area contributed by atoms with E-state index in [4.69, 9.17) is 0 Å². The normalized spacial score (nSPS) is 54.0. The molecule has 10 heteroatoms. The second-order valence-electron chi connectivity index (χ2n) is 3.65. The van der Waals surface area contributed by atoms with Crippen LogP contribution in [0.5, 0.6) is 0 Å². The smallest absolute Gasteiger partial charge is 0.229 e. The van der Waals surface area contributed by atoms with Gasteiger partial charge in [-0.1, -0.05) is 0 Å². The molecule has 0 aliphatic heterocycles. The second-order valence-corrected chi connectivity index (χ2v) is 5.84. The lowest BCUT2D eigenvalue weighted by Gasteiger charge is -2.66. The molecule has 2 aliphatic rings. The molecule has 0 bridgehead atoms. The van der Waals surface area contributed by atoms with Gasteiger partial charge in [-0.3, -0.25) is 0 Å². The van der Waals surface area contributed by atoms with Crippen LogP contribution in [0.2, 0.25) is 0 Å². The van der Waals surface area contributed by atoms with Crippen LogP contribution in [0.3, 0.4) is 0 Å². The second kappa shape index (κ2) is 2.83. The van der Waals surface area contributed by atoms with E-state index >= 15 is 0 Å². The van der Waals surface area contributed by atoms with E-state index in [-0.39, 0.29) is 0 Å². The number of halogens is 10. The highest BCUT2D eigenvalue weighted by atomic mass is 79.9. The van der Waals surface area contributed by atoms with Crippen molar-refractivity contribution in [1.82, 2.24) is 0 Å². The molecule has 0 spiro atoms. The standard InChI is InChI=1S/C7Br2F8/c8-6(16)3(11)1(5(13,14)15)2(10)4(3,12)7(6,9)17. The van der Waals surface area contributed by atoms with Gasteiger partial charge in [-0.25, -0.2) is 22.0 Å². The van der Waals surface area contributed by atoms with Crippen molar-refractivity contribution in [2.75, 3.05) is 0 Å². The molecule has 4 unspecified atom stereocenters. The lowest BCUT2D eigenvalue weighted by molar-refractivity contribution is -0.287. The van der Waals surface area contributed by atoms with Gasteiger partial charge in [-0.2, -0.15) is 13.2 Å². The maximum Gasteiger partial charge on any atom is 0.418 e. The molecular formula is C7Br2F8. The van der Waals surface area contributed by atoms with Crippen LogP contribution < -0.4 is 0 Å². The molecule has 1 fully saturated rings. The lowest BCUT2D eigenvalue weighted by Crippen LogP contribution is -2.91. The Labute approximate surface area is 105 Å². The fourth-order valence-electron chi connectivity index (χ4n) is 2.00. The summed E-state index contributed by atoms with van der Waals surface area (Å²) in [6, 6.07) is 0. The predicted octanol–water partition coefficient (Wildman–Crippen LogP) is 4.34. The highest BCUT2D eigenvalue weighted by Gasteiger charge is 3.03. The summed E-state index contributed by atoms with van der Waals surface area (Å²) in [4.78, 5) is 0. The average Bonchev–Trinajstić information content (AvgIpc) is 2.12. The van der Waals surface area contributed by atoms with Gasteiger partial charge >= 0.3 is 6.18 Å². The molecule has 2 aliphatic carbocycles. The Morgan fingerprint density at radius 1 is 0.824 bits per heavy atom. The van der Waals surface area contributed by atoms with Gasteiger partial charge in [0.2, 0.25) is 5.67 Å². The van der Waals surface area contributed by atoms with E-state index < -0.39 is 38.1 Å². The summed E-state index contributed by atoms with van der Waals surface area (Å²) in [5.74, 6) is -2.69. The molecule has 0 aromatic rings. The largest absolute Gasteiger partial charge is 0.418 e. The van der Waals surface area contributed by atoms with Crippen molar-refractivity contribution < 1.29 is 35.1 Å². The summed E-state index contributed by atoms with van der Waals surface area (Å²) in [5, 5.41) is 0. The molecule has 0 nitrogen and oxygen atoms in total. The molecule has 1 saturated carbocycles. The minimum atomic E-state index is -5.64. The molecule has 0 heterocycles. The minimum absolute atomic E-state index is 1.69. The number of hydrogen-bond donors (Lipinski definition) is 0. The highest BCUT2D eigenvalue weighted by Crippen LogP contribution is 2.82. The van der Waals surface area contributed by atoms with E-state index in [2.05, 4.69) is 0 Å². The maximum absolute atomic E-state index is 13.7. The van der Waals surface area contributed by atoms with E-state index in [1.54, 1.807) is 31.9 Å². The summed E-state index contributed by atoms with van der Waals surface area (Å²) >= 11 is 3.41. The first-order valence-electron chi connectivity index (χ1n) is 3.89.